The van der Waals surface area contributed by atoms with E-state index in [1.807, 2.05) is 0 Å². The van der Waals surface area contributed by atoms with Crippen LogP contribution in [0.4, 0.5) is 0 Å². The number of hydrogen-bond acceptors (Lipinski definition) is 2. The van der Waals surface area contributed by atoms with Crippen LogP contribution in [0.3, 0.4) is 0 Å². The van der Waals surface area contributed by atoms with Crippen molar-refractivity contribution in [3.8, 4) is 0 Å². The van der Waals surface area contributed by atoms with E-state index in [2.05, 4.69) is 39.5 Å². The molecule has 0 radical (unpaired) electrons. The van der Waals surface area contributed by atoms with Gasteiger partial charge in [0.1, 0.15) is 5.72 Å². The standard InChI is InChI=1S/C15H29NO/c1-11(2)14-7-6-9-15(14)16(12(3)4)13(5)8-10-17-15/h11-14H,6-10H2,1-5H3/t13-,14-,15+/m1/s1. The molecule has 1 saturated heterocycles. The van der Waals surface area contributed by atoms with E-state index in [0.717, 1.165) is 12.5 Å². The summed E-state index contributed by atoms with van der Waals surface area (Å²) >= 11 is 0. The molecule has 0 aromatic carbocycles. The second-order valence-corrected chi connectivity index (χ2v) is 6.57. The molecule has 0 bridgehead atoms. The molecule has 1 aliphatic heterocycles. The predicted octanol–water partition coefficient (Wildman–Crippen LogP) is 3.66. The molecule has 0 N–H and O–H groups in total. The van der Waals surface area contributed by atoms with Gasteiger partial charge in [-0.2, -0.15) is 0 Å². The van der Waals surface area contributed by atoms with Gasteiger partial charge in [-0.15, -0.1) is 0 Å². The largest absolute Gasteiger partial charge is 0.360 e. The summed E-state index contributed by atoms with van der Waals surface area (Å²) in [6, 6.07) is 1.26. The van der Waals surface area contributed by atoms with Crippen molar-refractivity contribution in [3.05, 3.63) is 0 Å². The third kappa shape index (κ3) is 2.15. The first-order valence-electron chi connectivity index (χ1n) is 7.41. The second kappa shape index (κ2) is 4.89. The molecule has 2 fully saturated rings. The van der Waals surface area contributed by atoms with Crippen LogP contribution in [0.25, 0.3) is 0 Å². The van der Waals surface area contributed by atoms with Crippen molar-refractivity contribution in [2.24, 2.45) is 11.8 Å². The fourth-order valence-electron chi connectivity index (χ4n) is 4.28. The van der Waals surface area contributed by atoms with Gasteiger partial charge < -0.3 is 4.74 Å². The summed E-state index contributed by atoms with van der Waals surface area (Å²) in [6.45, 7) is 12.7. The Labute approximate surface area is 107 Å². The van der Waals surface area contributed by atoms with E-state index in [1.54, 1.807) is 0 Å². The molecule has 2 aliphatic rings. The van der Waals surface area contributed by atoms with Gasteiger partial charge in [0.25, 0.3) is 0 Å². The van der Waals surface area contributed by atoms with E-state index in [-0.39, 0.29) is 5.72 Å². The molecule has 1 aliphatic carbocycles. The lowest BCUT2D eigenvalue weighted by atomic mass is 9.84. The summed E-state index contributed by atoms with van der Waals surface area (Å²) in [6.07, 6.45) is 5.09. The van der Waals surface area contributed by atoms with Gasteiger partial charge >= 0.3 is 0 Å². The lowest BCUT2D eigenvalue weighted by molar-refractivity contribution is -0.240. The number of nitrogens with zero attached hydrogens (tertiary/aromatic N) is 1. The van der Waals surface area contributed by atoms with Crippen LogP contribution >= 0.6 is 0 Å². The summed E-state index contributed by atoms with van der Waals surface area (Å²) in [5.74, 6) is 1.44. The van der Waals surface area contributed by atoms with Gasteiger partial charge in [-0.3, -0.25) is 4.90 Å². The van der Waals surface area contributed by atoms with Crippen LogP contribution in [0.2, 0.25) is 0 Å². The molecular formula is C15H29NO. The zero-order chi connectivity index (χ0) is 12.6. The molecule has 0 aromatic heterocycles. The molecule has 1 spiro atoms. The SMILES string of the molecule is CC(C)[C@H]1CCC[C@]12OCC[C@@H](C)N2C(C)C. The molecule has 100 valence electrons. The van der Waals surface area contributed by atoms with Crippen LogP contribution in [0.5, 0.6) is 0 Å². The van der Waals surface area contributed by atoms with Gasteiger partial charge in [0, 0.05) is 18.0 Å². The summed E-state index contributed by atoms with van der Waals surface area (Å²) in [4.78, 5) is 2.67. The predicted molar refractivity (Wildman–Crippen MR) is 71.9 cm³/mol. The van der Waals surface area contributed by atoms with Crippen LogP contribution < -0.4 is 0 Å². The molecule has 0 unspecified atom stereocenters. The first-order valence-corrected chi connectivity index (χ1v) is 7.41. The molecule has 2 rings (SSSR count). The maximum absolute atomic E-state index is 6.37. The first kappa shape index (κ1) is 13.4. The highest BCUT2D eigenvalue weighted by atomic mass is 16.5. The van der Waals surface area contributed by atoms with E-state index in [1.165, 1.54) is 25.7 Å². The van der Waals surface area contributed by atoms with E-state index in [4.69, 9.17) is 4.74 Å². The molecule has 17 heavy (non-hydrogen) atoms. The Balaban J connectivity index is 2.31. The Morgan fingerprint density at radius 2 is 1.88 bits per heavy atom. The van der Waals surface area contributed by atoms with Crippen molar-refractivity contribution in [2.45, 2.75) is 78.1 Å². The Hall–Kier alpha value is -0.0800. The zero-order valence-electron chi connectivity index (χ0n) is 12.2. The summed E-state index contributed by atoms with van der Waals surface area (Å²) in [5.41, 5.74) is 0.0556. The average molecular weight is 239 g/mol. The Kier molecular flexibility index (Phi) is 3.84. The molecule has 0 amide bonds. The van der Waals surface area contributed by atoms with Crippen LogP contribution in [0.1, 0.15) is 60.3 Å². The van der Waals surface area contributed by atoms with Gasteiger partial charge in [0.15, 0.2) is 0 Å². The maximum atomic E-state index is 6.37. The van der Waals surface area contributed by atoms with Crippen molar-refractivity contribution in [2.75, 3.05) is 6.61 Å². The van der Waals surface area contributed by atoms with Crippen LogP contribution in [0, 0.1) is 11.8 Å². The molecule has 3 atom stereocenters. The number of ether oxygens (including phenoxy) is 1. The molecule has 2 heteroatoms. The van der Waals surface area contributed by atoms with Crippen molar-refractivity contribution in [3.63, 3.8) is 0 Å². The fraction of sp³-hybridized carbons (Fsp3) is 1.00. The minimum Gasteiger partial charge on any atom is -0.360 e. The van der Waals surface area contributed by atoms with Gasteiger partial charge in [-0.1, -0.05) is 13.8 Å². The number of hydrogen-bond donors (Lipinski definition) is 0. The molecule has 1 saturated carbocycles. The van der Waals surface area contributed by atoms with Crippen LogP contribution in [-0.4, -0.2) is 29.3 Å². The van der Waals surface area contributed by atoms with Crippen molar-refractivity contribution < 1.29 is 4.74 Å². The average Bonchev–Trinajstić information content (AvgIpc) is 2.61. The molecule has 0 aromatic rings. The van der Waals surface area contributed by atoms with E-state index in [9.17, 15) is 0 Å². The first-order chi connectivity index (χ1) is 7.99. The monoisotopic (exact) mass is 239 g/mol. The zero-order valence-corrected chi connectivity index (χ0v) is 12.2. The van der Waals surface area contributed by atoms with Gasteiger partial charge in [0.05, 0.1) is 6.61 Å². The quantitative estimate of drug-likeness (QED) is 0.729. The molecule has 1 heterocycles. The van der Waals surface area contributed by atoms with Crippen molar-refractivity contribution in [1.82, 2.24) is 4.90 Å². The van der Waals surface area contributed by atoms with Gasteiger partial charge in [-0.25, -0.2) is 0 Å². The highest BCUT2D eigenvalue weighted by molar-refractivity contribution is 5.00. The highest BCUT2D eigenvalue weighted by Crippen LogP contribution is 2.48. The Bertz CT molecular complexity index is 264. The van der Waals surface area contributed by atoms with E-state index in [0.29, 0.717) is 18.0 Å². The molecule has 2 nitrogen and oxygen atoms in total. The minimum absolute atomic E-state index is 0.0556. The maximum Gasteiger partial charge on any atom is 0.125 e. The minimum atomic E-state index is 0.0556. The number of rotatable bonds is 2. The van der Waals surface area contributed by atoms with Gasteiger partial charge in [0.2, 0.25) is 0 Å². The van der Waals surface area contributed by atoms with E-state index < -0.39 is 0 Å². The summed E-state index contributed by atoms with van der Waals surface area (Å²) < 4.78 is 6.37. The van der Waals surface area contributed by atoms with E-state index >= 15 is 0 Å². The van der Waals surface area contributed by atoms with Crippen molar-refractivity contribution >= 4 is 0 Å². The smallest absolute Gasteiger partial charge is 0.125 e. The third-order valence-electron chi connectivity index (χ3n) is 4.79. The molecular weight excluding hydrogens is 210 g/mol. The van der Waals surface area contributed by atoms with Crippen LogP contribution in [-0.2, 0) is 4.74 Å². The van der Waals surface area contributed by atoms with Crippen molar-refractivity contribution in [1.29, 1.82) is 0 Å². The third-order valence-corrected chi connectivity index (χ3v) is 4.79. The normalized spacial score (nSPS) is 39.7. The lowest BCUT2D eigenvalue weighted by Crippen LogP contribution is -2.63. The second-order valence-electron chi connectivity index (χ2n) is 6.57. The fourth-order valence-corrected chi connectivity index (χ4v) is 4.28. The highest BCUT2D eigenvalue weighted by Gasteiger charge is 2.53. The summed E-state index contributed by atoms with van der Waals surface area (Å²) in [7, 11) is 0. The van der Waals surface area contributed by atoms with Gasteiger partial charge in [-0.05, 0) is 52.4 Å². The topological polar surface area (TPSA) is 12.5 Å². The Morgan fingerprint density at radius 3 is 2.47 bits per heavy atom. The lowest BCUT2D eigenvalue weighted by Gasteiger charge is -2.54. The summed E-state index contributed by atoms with van der Waals surface area (Å²) in [5, 5.41) is 0. The van der Waals surface area contributed by atoms with Crippen LogP contribution in [0.15, 0.2) is 0 Å². The Morgan fingerprint density at radius 1 is 1.18 bits per heavy atom.